The molecule has 2 aliphatic rings. The SMILES string of the molecule is O=C1N=CC(C(=O)C2=NC(=O)N=C2)=N1. The largest absolute Gasteiger partial charge is 0.367 e. The Kier molecular flexibility index (Phi) is 1.70. The highest BCUT2D eigenvalue weighted by Crippen LogP contribution is 1.99. The lowest BCUT2D eigenvalue weighted by molar-refractivity contribution is -0.107. The molecule has 0 radical (unpaired) electrons. The van der Waals surface area contributed by atoms with Crippen LogP contribution in [0.3, 0.4) is 0 Å². The Balaban J connectivity index is 2.27. The van der Waals surface area contributed by atoms with Crippen molar-refractivity contribution in [1.82, 2.24) is 0 Å². The number of ketones is 1. The van der Waals surface area contributed by atoms with E-state index in [1.807, 2.05) is 0 Å². The zero-order chi connectivity index (χ0) is 10.1. The first kappa shape index (κ1) is 8.30. The first-order chi connectivity index (χ1) is 6.66. The molecule has 0 N–H and O–H groups in total. The van der Waals surface area contributed by atoms with Gasteiger partial charge >= 0.3 is 12.1 Å². The van der Waals surface area contributed by atoms with Gasteiger partial charge in [-0.15, -0.1) is 0 Å². The summed E-state index contributed by atoms with van der Waals surface area (Å²) < 4.78 is 0. The second-order valence-corrected chi connectivity index (χ2v) is 2.40. The van der Waals surface area contributed by atoms with Crippen LogP contribution in [0.1, 0.15) is 0 Å². The normalized spacial score (nSPS) is 18.9. The van der Waals surface area contributed by atoms with Crippen molar-refractivity contribution in [1.29, 1.82) is 0 Å². The Hall–Kier alpha value is -2.31. The van der Waals surface area contributed by atoms with Gasteiger partial charge in [0, 0.05) is 0 Å². The maximum atomic E-state index is 11.4. The second kappa shape index (κ2) is 2.87. The summed E-state index contributed by atoms with van der Waals surface area (Å²) in [5.41, 5.74) is -0.259. The molecule has 0 bridgehead atoms. The lowest BCUT2D eigenvalue weighted by Gasteiger charge is -1.89. The van der Waals surface area contributed by atoms with Gasteiger partial charge < -0.3 is 0 Å². The van der Waals surface area contributed by atoms with Gasteiger partial charge in [-0.2, -0.15) is 20.0 Å². The van der Waals surface area contributed by atoms with E-state index >= 15 is 0 Å². The molecule has 0 unspecified atom stereocenters. The fourth-order valence-corrected chi connectivity index (χ4v) is 0.904. The Morgan fingerprint density at radius 1 is 0.929 bits per heavy atom. The first-order valence-corrected chi connectivity index (χ1v) is 3.55. The van der Waals surface area contributed by atoms with Crippen molar-refractivity contribution in [2.75, 3.05) is 0 Å². The standard InChI is InChI=1S/C7H2N4O3/c12-5(3-1-8-6(13)10-3)4-2-9-7(14)11-4/h1-2H. The van der Waals surface area contributed by atoms with Gasteiger partial charge in [-0.3, -0.25) is 4.79 Å². The first-order valence-electron chi connectivity index (χ1n) is 3.55. The molecule has 0 atom stereocenters. The molecule has 0 aromatic carbocycles. The quantitative estimate of drug-likeness (QED) is 0.604. The van der Waals surface area contributed by atoms with Crippen LogP contribution in [0.5, 0.6) is 0 Å². The number of nitrogens with zero attached hydrogens (tertiary/aromatic N) is 4. The van der Waals surface area contributed by atoms with Crippen molar-refractivity contribution in [3.05, 3.63) is 0 Å². The lowest BCUT2D eigenvalue weighted by Crippen LogP contribution is -2.24. The van der Waals surface area contributed by atoms with Gasteiger partial charge in [0.25, 0.3) is 0 Å². The minimum atomic E-state index is -0.741. The molecule has 0 aromatic heterocycles. The van der Waals surface area contributed by atoms with E-state index in [0.717, 1.165) is 12.4 Å². The maximum Gasteiger partial charge on any atom is 0.367 e. The third-order valence-electron chi connectivity index (χ3n) is 1.49. The molecule has 7 nitrogen and oxygen atoms in total. The molecule has 0 saturated carbocycles. The van der Waals surface area contributed by atoms with Crippen molar-refractivity contribution in [3.8, 4) is 0 Å². The molecule has 0 saturated heterocycles. The number of urea groups is 2. The van der Waals surface area contributed by atoms with Gasteiger partial charge in [-0.05, 0) is 0 Å². The fraction of sp³-hybridized carbons (Fsp3) is 0. The molecule has 4 amide bonds. The van der Waals surface area contributed by atoms with Gasteiger partial charge in [-0.1, -0.05) is 0 Å². The van der Waals surface area contributed by atoms with Gasteiger partial charge in [0.2, 0.25) is 5.78 Å². The summed E-state index contributed by atoms with van der Waals surface area (Å²) in [6.07, 6.45) is 2.06. The second-order valence-electron chi connectivity index (χ2n) is 2.40. The number of hydrogen-bond donors (Lipinski definition) is 0. The number of rotatable bonds is 2. The Morgan fingerprint density at radius 2 is 1.36 bits per heavy atom. The molecule has 2 rings (SSSR count). The molecular weight excluding hydrogens is 188 g/mol. The minimum Gasteiger partial charge on any atom is -0.285 e. The van der Waals surface area contributed by atoms with E-state index in [-0.39, 0.29) is 11.4 Å². The Morgan fingerprint density at radius 3 is 1.64 bits per heavy atom. The third-order valence-corrected chi connectivity index (χ3v) is 1.49. The molecule has 7 heteroatoms. The highest BCUT2D eigenvalue weighted by molar-refractivity contribution is 6.87. The van der Waals surface area contributed by atoms with E-state index < -0.39 is 17.8 Å². The molecule has 68 valence electrons. The monoisotopic (exact) mass is 190 g/mol. The number of hydrogen-bond acceptors (Lipinski definition) is 3. The summed E-state index contributed by atoms with van der Waals surface area (Å²) >= 11 is 0. The number of aliphatic imine (C=N–C) groups is 4. The van der Waals surface area contributed by atoms with Crippen molar-refractivity contribution in [2.45, 2.75) is 0 Å². The Bertz CT molecular complexity index is 427. The van der Waals surface area contributed by atoms with Crippen molar-refractivity contribution >= 4 is 41.7 Å². The van der Waals surface area contributed by atoms with Crippen LogP contribution >= 0.6 is 0 Å². The summed E-state index contributed by atoms with van der Waals surface area (Å²) in [6, 6.07) is -1.48. The lowest BCUT2D eigenvalue weighted by atomic mass is 10.2. The molecule has 14 heavy (non-hydrogen) atoms. The van der Waals surface area contributed by atoms with Gasteiger partial charge in [0.05, 0.1) is 12.4 Å². The highest BCUT2D eigenvalue weighted by Gasteiger charge is 2.23. The molecule has 0 fully saturated rings. The number of carbonyl (C=O) groups excluding carboxylic acids is 3. The zero-order valence-electron chi connectivity index (χ0n) is 6.67. The van der Waals surface area contributed by atoms with Crippen LogP contribution in [0.4, 0.5) is 9.59 Å². The number of carbonyl (C=O) groups is 3. The van der Waals surface area contributed by atoms with Gasteiger partial charge in [0.1, 0.15) is 11.4 Å². The van der Waals surface area contributed by atoms with Crippen molar-refractivity contribution in [3.63, 3.8) is 0 Å². The van der Waals surface area contributed by atoms with Crippen LogP contribution in [0, 0.1) is 0 Å². The van der Waals surface area contributed by atoms with Crippen LogP contribution in [0.25, 0.3) is 0 Å². The van der Waals surface area contributed by atoms with Gasteiger partial charge in [0.15, 0.2) is 0 Å². The molecular formula is C7H2N4O3. The fourth-order valence-electron chi connectivity index (χ4n) is 0.904. The van der Waals surface area contributed by atoms with E-state index in [0.29, 0.717) is 0 Å². The maximum absolute atomic E-state index is 11.4. The topological polar surface area (TPSA) is 101 Å². The van der Waals surface area contributed by atoms with Crippen molar-refractivity contribution < 1.29 is 14.4 Å². The molecule has 0 aromatic rings. The van der Waals surface area contributed by atoms with E-state index in [4.69, 9.17) is 0 Å². The van der Waals surface area contributed by atoms with E-state index in [2.05, 4.69) is 20.0 Å². The molecule has 0 spiro atoms. The summed E-state index contributed by atoms with van der Waals surface area (Å²) in [7, 11) is 0. The molecule has 0 aliphatic carbocycles. The van der Waals surface area contributed by atoms with Crippen LogP contribution in [-0.4, -0.2) is 41.7 Å². The van der Waals surface area contributed by atoms with Gasteiger partial charge in [-0.25, -0.2) is 9.59 Å². The summed E-state index contributed by atoms with van der Waals surface area (Å²) in [5.74, 6) is -0.630. The van der Waals surface area contributed by atoms with E-state index in [1.54, 1.807) is 0 Å². The molecule has 2 heterocycles. The minimum absolute atomic E-state index is 0.130. The van der Waals surface area contributed by atoms with Crippen LogP contribution in [0.2, 0.25) is 0 Å². The van der Waals surface area contributed by atoms with Crippen LogP contribution in [-0.2, 0) is 4.79 Å². The Labute approximate surface area is 77.0 Å². The predicted octanol–water partition coefficient (Wildman–Crippen LogP) is -0.154. The average Bonchev–Trinajstić information content (AvgIpc) is 2.73. The zero-order valence-corrected chi connectivity index (χ0v) is 6.67. The third kappa shape index (κ3) is 1.30. The van der Waals surface area contributed by atoms with Crippen LogP contribution < -0.4 is 0 Å². The van der Waals surface area contributed by atoms with E-state index in [1.165, 1.54) is 0 Å². The molecule has 2 aliphatic heterocycles. The summed E-state index contributed by atoms with van der Waals surface area (Å²) in [4.78, 5) is 45.6. The number of amides is 4. The highest BCUT2D eigenvalue weighted by atomic mass is 16.2. The summed E-state index contributed by atoms with van der Waals surface area (Å²) in [6.45, 7) is 0. The summed E-state index contributed by atoms with van der Waals surface area (Å²) in [5, 5.41) is 0. The predicted molar refractivity (Wildman–Crippen MR) is 47.7 cm³/mol. The van der Waals surface area contributed by atoms with Crippen LogP contribution in [0.15, 0.2) is 20.0 Å². The number of Topliss-reactive ketones (excluding diaryl/α,β-unsaturated/α-hetero) is 1. The van der Waals surface area contributed by atoms with E-state index in [9.17, 15) is 14.4 Å². The average molecular weight is 190 g/mol. The smallest absolute Gasteiger partial charge is 0.285 e. The van der Waals surface area contributed by atoms with Crippen molar-refractivity contribution in [2.24, 2.45) is 20.0 Å².